The van der Waals surface area contributed by atoms with Crippen molar-refractivity contribution in [2.75, 3.05) is 26.4 Å². The van der Waals surface area contributed by atoms with Gasteiger partial charge in [0.25, 0.3) is 0 Å². The summed E-state index contributed by atoms with van der Waals surface area (Å²) in [6.07, 6.45) is 0. The average molecular weight is 263 g/mol. The van der Waals surface area contributed by atoms with Gasteiger partial charge in [-0.25, -0.2) is 13.1 Å². The Balaban J connectivity index is 2.73. The number of nitrogen functional groups attached to an aromatic ring is 1. The van der Waals surface area contributed by atoms with E-state index in [0.717, 1.165) is 11.3 Å². The van der Waals surface area contributed by atoms with Crippen molar-refractivity contribution in [3.8, 4) is 0 Å². The Morgan fingerprint density at radius 1 is 1.56 bits per heavy atom. The number of nitrogens with two attached hydrogens (primary N) is 1. The number of nitrogens with one attached hydrogen (secondary N) is 1. The summed E-state index contributed by atoms with van der Waals surface area (Å²) in [5.41, 5.74) is 5.97. The summed E-state index contributed by atoms with van der Waals surface area (Å²) in [5.74, 6) is 0. The highest BCUT2D eigenvalue weighted by Crippen LogP contribution is 2.21. The van der Waals surface area contributed by atoms with Gasteiger partial charge in [-0.3, -0.25) is 0 Å². The molecule has 1 aromatic rings. The molecule has 0 amide bonds. The molecule has 16 heavy (non-hydrogen) atoms. The van der Waals surface area contributed by atoms with Crippen molar-refractivity contribution in [1.29, 1.82) is 0 Å². The van der Waals surface area contributed by atoms with Crippen molar-refractivity contribution < 1.29 is 8.42 Å². The molecule has 1 rings (SSSR count). The SMILES string of the molecule is CC(CN(C)C)NS(=O)(=O)c1cc(N)cs1. The normalized spacial score (nSPS) is 14.2. The van der Waals surface area contributed by atoms with Crippen molar-refractivity contribution in [1.82, 2.24) is 9.62 Å². The molecule has 92 valence electrons. The summed E-state index contributed by atoms with van der Waals surface area (Å²) in [7, 11) is 0.371. The largest absolute Gasteiger partial charge is 0.398 e. The van der Waals surface area contributed by atoms with Crippen LogP contribution < -0.4 is 10.5 Å². The minimum Gasteiger partial charge on any atom is -0.398 e. The van der Waals surface area contributed by atoms with Gasteiger partial charge in [-0.15, -0.1) is 11.3 Å². The van der Waals surface area contributed by atoms with Crippen LogP contribution in [0.3, 0.4) is 0 Å². The van der Waals surface area contributed by atoms with Crippen LogP contribution in [0.15, 0.2) is 15.7 Å². The molecule has 0 saturated heterocycles. The van der Waals surface area contributed by atoms with Crippen molar-refractivity contribution in [2.24, 2.45) is 0 Å². The van der Waals surface area contributed by atoms with E-state index >= 15 is 0 Å². The van der Waals surface area contributed by atoms with Crippen molar-refractivity contribution in [3.05, 3.63) is 11.4 Å². The molecule has 0 aliphatic carbocycles. The van der Waals surface area contributed by atoms with Gasteiger partial charge in [0, 0.05) is 23.7 Å². The van der Waals surface area contributed by atoms with E-state index in [2.05, 4.69) is 4.72 Å². The second kappa shape index (κ2) is 5.13. The third kappa shape index (κ3) is 3.75. The highest BCUT2D eigenvalue weighted by molar-refractivity contribution is 7.91. The van der Waals surface area contributed by atoms with E-state index in [1.807, 2.05) is 25.9 Å². The first-order chi connectivity index (χ1) is 7.31. The molecule has 0 aromatic carbocycles. The molecule has 1 unspecified atom stereocenters. The van der Waals surface area contributed by atoms with Crippen LogP contribution in [0.4, 0.5) is 5.69 Å². The quantitative estimate of drug-likeness (QED) is 0.814. The maximum atomic E-state index is 11.9. The second-order valence-electron chi connectivity index (χ2n) is 3.98. The first-order valence-corrected chi connectivity index (χ1v) is 7.18. The van der Waals surface area contributed by atoms with Gasteiger partial charge in [-0.05, 0) is 27.1 Å². The number of nitrogens with zero attached hydrogens (tertiary/aromatic N) is 1. The summed E-state index contributed by atoms with van der Waals surface area (Å²) in [6, 6.07) is 1.33. The molecule has 0 saturated carbocycles. The Kier molecular flexibility index (Phi) is 4.31. The number of hydrogen-bond acceptors (Lipinski definition) is 5. The number of sulfonamides is 1. The summed E-state index contributed by atoms with van der Waals surface area (Å²) in [4.78, 5) is 1.93. The lowest BCUT2D eigenvalue weighted by Crippen LogP contribution is -2.39. The minimum absolute atomic E-state index is 0.136. The van der Waals surface area contributed by atoms with Gasteiger partial charge in [0.15, 0.2) is 0 Å². The fourth-order valence-corrected chi connectivity index (χ4v) is 3.71. The Labute approximate surface area is 100 Å². The molecule has 5 nitrogen and oxygen atoms in total. The van der Waals surface area contributed by atoms with E-state index in [4.69, 9.17) is 5.73 Å². The summed E-state index contributed by atoms with van der Waals surface area (Å²) in [6.45, 7) is 2.48. The van der Waals surface area contributed by atoms with Crippen LogP contribution in [0.25, 0.3) is 0 Å². The van der Waals surface area contributed by atoms with E-state index in [1.165, 1.54) is 6.07 Å². The molecule has 7 heteroatoms. The fraction of sp³-hybridized carbons (Fsp3) is 0.556. The fourth-order valence-electron chi connectivity index (χ4n) is 1.38. The maximum Gasteiger partial charge on any atom is 0.250 e. The molecule has 1 heterocycles. The Bertz CT molecular complexity index is 439. The van der Waals surface area contributed by atoms with Crippen LogP contribution >= 0.6 is 11.3 Å². The van der Waals surface area contributed by atoms with Gasteiger partial charge in [0.1, 0.15) is 4.21 Å². The second-order valence-corrected chi connectivity index (χ2v) is 6.84. The number of thiophene rings is 1. The molecule has 0 fully saturated rings. The van der Waals surface area contributed by atoms with Gasteiger partial charge in [0.05, 0.1) is 0 Å². The molecule has 1 aromatic heterocycles. The van der Waals surface area contributed by atoms with Crippen LogP contribution in [0.1, 0.15) is 6.92 Å². The van der Waals surface area contributed by atoms with E-state index in [0.29, 0.717) is 12.2 Å². The number of anilines is 1. The zero-order valence-electron chi connectivity index (χ0n) is 9.60. The number of hydrogen-bond donors (Lipinski definition) is 2. The first kappa shape index (κ1) is 13.4. The average Bonchev–Trinajstić information content (AvgIpc) is 2.49. The standard InChI is InChI=1S/C9H17N3O2S2/c1-7(5-12(2)3)11-16(13,14)9-4-8(10)6-15-9/h4,6-7,11H,5,10H2,1-3H3. The molecule has 3 N–H and O–H groups in total. The highest BCUT2D eigenvalue weighted by Gasteiger charge is 2.19. The maximum absolute atomic E-state index is 11.9. The summed E-state index contributed by atoms with van der Waals surface area (Å²) in [5, 5.41) is 1.62. The lowest BCUT2D eigenvalue weighted by molar-refractivity contribution is 0.370. The predicted molar refractivity (Wildman–Crippen MR) is 67.1 cm³/mol. The van der Waals surface area contributed by atoms with Crippen molar-refractivity contribution >= 4 is 27.0 Å². The van der Waals surface area contributed by atoms with E-state index in [1.54, 1.807) is 5.38 Å². The van der Waals surface area contributed by atoms with Gasteiger partial charge >= 0.3 is 0 Å². The molecule has 0 bridgehead atoms. The topological polar surface area (TPSA) is 75.4 Å². The molecular weight excluding hydrogens is 246 g/mol. The molecule has 0 aliphatic heterocycles. The molecule has 0 spiro atoms. The van der Waals surface area contributed by atoms with Gasteiger partial charge in [-0.2, -0.15) is 0 Å². The minimum atomic E-state index is -3.42. The van der Waals surface area contributed by atoms with E-state index < -0.39 is 10.0 Å². The van der Waals surface area contributed by atoms with Gasteiger partial charge in [-0.1, -0.05) is 0 Å². The smallest absolute Gasteiger partial charge is 0.250 e. The number of rotatable bonds is 5. The third-order valence-corrected chi connectivity index (χ3v) is 4.90. The third-order valence-electron chi connectivity index (χ3n) is 1.86. The van der Waals surface area contributed by atoms with Crippen LogP contribution in [0.2, 0.25) is 0 Å². The molecule has 0 radical (unpaired) electrons. The van der Waals surface area contributed by atoms with E-state index in [9.17, 15) is 8.42 Å². The zero-order chi connectivity index (χ0) is 12.3. The lowest BCUT2D eigenvalue weighted by atomic mass is 10.3. The molecule has 0 aliphatic rings. The monoisotopic (exact) mass is 263 g/mol. The highest BCUT2D eigenvalue weighted by atomic mass is 32.2. The Morgan fingerprint density at radius 2 is 2.19 bits per heavy atom. The Hall–Kier alpha value is -0.630. The van der Waals surface area contributed by atoms with Crippen LogP contribution in [-0.2, 0) is 10.0 Å². The summed E-state index contributed by atoms with van der Waals surface area (Å²) < 4.78 is 26.6. The van der Waals surface area contributed by atoms with Crippen molar-refractivity contribution in [2.45, 2.75) is 17.2 Å². The van der Waals surface area contributed by atoms with E-state index in [-0.39, 0.29) is 10.3 Å². The molecular formula is C9H17N3O2S2. The zero-order valence-corrected chi connectivity index (χ0v) is 11.2. The van der Waals surface area contributed by atoms with Crippen LogP contribution in [-0.4, -0.2) is 40.0 Å². The van der Waals surface area contributed by atoms with Gasteiger partial charge < -0.3 is 10.6 Å². The number of likely N-dealkylation sites (N-methyl/N-ethyl adjacent to an activating group) is 1. The molecule has 1 atom stereocenters. The lowest BCUT2D eigenvalue weighted by Gasteiger charge is -2.17. The first-order valence-electron chi connectivity index (χ1n) is 4.82. The predicted octanol–water partition coefficient (Wildman–Crippen LogP) is 0.559. The van der Waals surface area contributed by atoms with Crippen LogP contribution in [0, 0.1) is 0 Å². The summed E-state index contributed by atoms with van der Waals surface area (Å²) >= 11 is 1.13. The van der Waals surface area contributed by atoms with Crippen LogP contribution in [0.5, 0.6) is 0 Å². The van der Waals surface area contributed by atoms with Crippen molar-refractivity contribution in [3.63, 3.8) is 0 Å². The Morgan fingerprint density at radius 3 is 2.62 bits per heavy atom. The van der Waals surface area contributed by atoms with Gasteiger partial charge in [0.2, 0.25) is 10.0 Å².